The minimum atomic E-state index is 0.404. The maximum atomic E-state index is 4.02. The van der Waals surface area contributed by atoms with Crippen LogP contribution in [0.5, 0.6) is 0 Å². The third-order valence-electron chi connectivity index (χ3n) is 4.75. The number of benzene rings is 1. The summed E-state index contributed by atoms with van der Waals surface area (Å²) in [5, 5.41) is 0. The molecule has 0 amide bonds. The molecule has 4 atom stereocenters. The van der Waals surface area contributed by atoms with Gasteiger partial charge in [0.2, 0.25) is 0 Å². The van der Waals surface area contributed by atoms with Gasteiger partial charge in [-0.05, 0) is 30.2 Å². The van der Waals surface area contributed by atoms with Crippen molar-refractivity contribution in [2.45, 2.75) is 22.6 Å². The summed E-state index contributed by atoms with van der Waals surface area (Å²) in [5.74, 6) is 1.56. The first-order chi connectivity index (χ1) is 7.27. The summed E-state index contributed by atoms with van der Waals surface area (Å²) in [4.78, 5) is 0. The monoisotopic (exact) mass is 260 g/mol. The van der Waals surface area contributed by atoms with Crippen molar-refractivity contribution in [3.63, 3.8) is 0 Å². The summed E-state index contributed by atoms with van der Waals surface area (Å²) in [5.41, 5.74) is 1.98. The Kier molecular flexibility index (Phi) is 1.37. The maximum Gasteiger partial charge on any atom is 0.0432 e. The molecule has 0 nitrogen and oxygen atoms in total. The second-order valence-corrected chi connectivity index (χ2v) is 6.63. The molecule has 4 unspecified atom stereocenters. The molecular formula is C14H13Br. The lowest BCUT2D eigenvalue weighted by molar-refractivity contribution is 0.525. The largest absolute Gasteiger partial charge is 0.0841 e. The number of alkyl halides is 1. The Morgan fingerprint density at radius 2 is 1.80 bits per heavy atom. The van der Waals surface area contributed by atoms with Crippen LogP contribution in [-0.2, 0) is 5.41 Å². The van der Waals surface area contributed by atoms with Gasteiger partial charge in [0.1, 0.15) is 0 Å². The van der Waals surface area contributed by atoms with E-state index in [1.54, 1.807) is 5.56 Å². The summed E-state index contributed by atoms with van der Waals surface area (Å²) in [6, 6.07) is 11.1. The minimum Gasteiger partial charge on any atom is -0.0841 e. The third kappa shape index (κ3) is 0.782. The molecule has 3 aliphatic carbocycles. The molecule has 2 bridgehead atoms. The number of fused-ring (bicyclic) bond motifs is 5. The van der Waals surface area contributed by atoms with Gasteiger partial charge < -0.3 is 0 Å². The van der Waals surface area contributed by atoms with Crippen molar-refractivity contribution in [3.05, 3.63) is 48.0 Å². The minimum absolute atomic E-state index is 0.404. The van der Waals surface area contributed by atoms with E-state index in [9.17, 15) is 0 Å². The molecular weight excluding hydrogens is 248 g/mol. The molecule has 1 heteroatoms. The second-order valence-electron chi connectivity index (χ2n) is 5.21. The van der Waals surface area contributed by atoms with Crippen molar-refractivity contribution in [1.29, 1.82) is 0 Å². The van der Waals surface area contributed by atoms with E-state index in [2.05, 4.69) is 58.4 Å². The quantitative estimate of drug-likeness (QED) is 0.534. The Morgan fingerprint density at radius 1 is 1.07 bits per heavy atom. The average Bonchev–Trinajstić information content (AvgIpc) is 2.64. The molecule has 0 spiro atoms. The molecule has 4 rings (SSSR count). The van der Waals surface area contributed by atoms with Gasteiger partial charge in [0.15, 0.2) is 0 Å². The number of rotatable bonds is 1. The molecule has 0 radical (unpaired) electrons. The van der Waals surface area contributed by atoms with Crippen molar-refractivity contribution in [2.24, 2.45) is 11.8 Å². The lowest BCUT2D eigenvalue weighted by atomic mass is 9.83. The molecule has 1 aromatic rings. The van der Waals surface area contributed by atoms with Crippen LogP contribution in [0.15, 0.2) is 42.5 Å². The molecule has 2 fully saturated rings. The summed E-state index contributed by atoms with van der Waals surface area (Å²) >= 11 is 4.02. The smallest absolute Gasteiger partial charge is 0.0432 e. The summed E-state index contributed by atoms with van der Waals surface area (Å²) < 4.78 is 0.404. The van der Waals surface area contributed by atoms with Gasteiger partial charge in [-0.15, -0.1) is 0 Å². The van der Waals surface area contributed by atoms with Crippen LogP contribution in [0.2, 0.25) is 0 Å². The van der Waals surface area contributed by atoms with Crippen LogP contribution in [0, 0.1) is 11.8 Å². The van der Waals surface area contributed by atoms with E-state index in [0.717, 1.165) is 11.8 Å². The van der Waals surface area contributed by atoms with Gasteiger partial charge in [-0.25, -0.2) is 0 Å². The Labute approximate surface area is 98.5 Å². The first kappa shape index (κ1) is 8.58. The number of hydrogen-bond donors (Lipinski definition) is 0. The van der Waals surface area contributed by atoms with Crippen LogP contribution in [0.1, 0.15) is 18.4 Å². The van der Waals surface area contributed by atoms with E-state index in [-0.39, 0.29) is 0 Å². The van der Waals surface area contributed by atoms with Gasteiger partial charge in [0.05, 0.1) is 0 Å². The fraction of sp³-hybridized carbons (Fsp3) is 0.429. The first-order valence-electron chi connectivity index (χ1n) is 5.70. The van der Waals surface area contributed by atoms with Crippen LogP contribution in [0.4, 0.5) is 0 Å². The van der Waals surface area contributed by atoms with Crippen molar-refractivity contribution < 1.29 is 0 Å². The zero-order valence-electron chi connectivity index (χ0n) is 8.49. The van der Waals surface area contributed by atoms with E-state index in [1.165, 1.54) is 12.8 Å². The van der Waals surface area contributed by atoms with Gasteiger partial charge in [0.25, 0.3) is 0 Å². The molecule has 3 aliphatic rings. The zero-order chi connectivity index (χ0) is 10.1. The summed E-state index contributed by atoms with van der Waals surface area (Å²) in [7, 11) is 0. The fourth-order valence-electron chi connectivity index (χ4n) is 3.96. The highest BCUT2D eigenvalue weighted by atomic mass is 79.9. The Hall–Kier alpha value is -0.560. The maximum absolute atomic E-state index is 4.02. The normalized spacial score (nSPS) is 49.4. The molecule has 0 aromatic heterocycles. The molecule has 0 saturated heterocycles. The van der Waals surface area contributed by atoms with Gasteiger partial charge in [-0.2, -0.15) is 0 Å². The first-order valence-corrected chi connectivity index (χ1v) is 6.49. The SMILES string of the molecule is BrC12CC1(c1ccccc1)C1C=CC2C1. The number of allylic oxidation sites excluding steroid dienone is 2. The molecule has 0 heterocycles. The van der Waals surface area contributed by atoms with Crippen LogP contribution in [0.25, 0.3) is 0 Å². The molecule has 76 valence electrons. The summed E-state index contributed by atoms with van der Waals surface area (Å²) in [6.07, 6.45) is 7.56. The van der Waals surface area contributed by atoms with Gasteiger partial charge in [-0.1, -0.05) is 58.4 Å². The predicted molar refractivity (Wildman–Crippen MR) is 65.1 cm³/mol. The lowest BCUT2D eigenvalue weighted by Crippen LogP contribution is -2.23. The van der Waals surface area contributed by atoms with E-state index in [0.29, 0.717) is 9.74 Å². The Bertz CT molecular complexity index is 450. The average molecular weight is 261 g/mol. The zero-order valence-corrected chi connectivity index (χ0v) is 10.1. The molecule has 1 aromatic carbocycles. The van der Waals surface area contributed by atoms with E-state index in [1.807, 2.05) is 0 Å². The van der Waals surface area contributed by atoms with Crippen molar-refractivity contribution in [1.82, 2.24) is 0 Å². The van der Waals surface area contributed by atoms with Crippen LogP contribution >= 0.6 is 15.9 Å². The van der Waals surface area contributed by atoms with E-state index in [4.69, 9.17) is 0 Å². The third-order valence-corrected chi connectivity index (χ3v) is 6.32. The highest BCUT2D eigenvalue weighted by Gasteiger charge is 2.77. The molecule has 15 heavy (non-hydrogen) atoms. The topological polar surface area (TPSA) is 0 Å². The second kappa shape index (κ2) is 2.40. The molecule has 0 N–H and O–H groups in total. The van der Waals surface area contributed by atoms with Crippen LogP contribution < -0.4 is 0 Å². The highest BCUT2D eigenvalue weighted by Crippen LogP contribution is 2.78. The Morgan fingerprint density at radius 3 is 2.47 bits per heavy atom. The van der Waals surface area contributed by atoms with Crippen LogP contribution in [-0.4, -0.2) is 4.32 Å². The highest BCUT2D eigenvalue weighted by molar-refractivity contribution is 9.10. The number of hydrogen-bond acceptors (Lipinski definition) is 0. The van der Waals surface area contributed by atoms with Crippen molar-refractivity contribution in [3.8, 4) is 0 Å². The number of halogens is 1. The van der Waals surface area contributed by atoms with Gasteiger partial charge in [0, 0.05) is 9.74 Å². The van der Waals surface area contributed by atoms with Crippen LogP contribution in [0.3, 0.4) is 0 Å². The fourth-order valence-corrected chi connectivity index (χ4v) is 5.26. The molecule has 0 aliphatic heterocycles. The van der Waals surface area contributed by atoms with E-state index < -0.39 is 0 Å². The Balaban J connectivity index is 1.89. The van der Waals surface area contributed by atoms with Crippen molar-refractivity contribution >= 4 is 15.9 Å². The summed E-state index contributed by atoms with van der Waals surface area (Å²) in [6.45, 7) is 0. The van der Waals surface area contributed by atoms with Gasteiger partial charge in [-0.3, -0.25) is 0 Å². The molecule has 2 saturated carbocycles. The van der Waals surface area contributed by atoms with Gasteiger partial charge >= 0.3 is 0 Å². The lowest BCUT2D eigenvalue weighted by Gasteiger charge is -2.23. The van der Waals surface area contributed by atoms with E-state index >= 15 is 0 Å². The standard InChI is InChI=1S/C14H13Br/c15-14-9-13(14,10-4-2-1-3-5-10)11-6-7-12(14)8-11/h1-7,11-12H,8-9H2. The predicted octanol–water partition coefficient (Wildman–Crippen LogP) is 3.67. The van der Waals surface area contributed by atoms with Crippen molar-refractivity contribution in [2.75, 3.05) is 0 Å².